The Bertz CT molecular complexity index is 364. The van der Waals surface area contributed by atoms with Crippen molar-refractivity contribution in [1.82, 2.24) is 4.98 Å². The molecule has 4 heteroatoms. The van der Waals surface area contributed by atoms with Gasteiger partial charge in [-0.2, -0.15) is 0 Å². The first-order valence-corrected chi connectivity index (χ1v) is 4.68. The average molecular weight is 191 g/mol. The molecule has 0 aliphatic carbocycles. The van der Waals surface area contributed by atoms with Crippen molar-refractivity contribution in [2.24, 2.45) is 5.73 Å². The third-order valence-corrected chi connectivity index (χ3v) is 2.52. The summed E-state index contributed by atoms with van der Waals surface area (Å²) in [5.41, 5.74) is 7.39. The maximum atomic E-state index is 11.6. The molecule has 2 heterocycles. The Balaban J connectivity index is 2.33. The van der Waals surface area contributed by atoms with E-state index in [1.807, 2.05) is 19.1 Å². The number of amides is 1. The number of nitrogens with two attached hydrogens (primary N) is 1. The normalized spacial score (nSPS) is 21.7. The van der Waals surface area contributed by atoms with E-state index < -0.39 is 0 Å². The van der Waals surface area contributed by atoms with Crippen LogP contribution in [0, 0.1) is 6.92 Å². The van der Waals surface area contributed by atoms with Gasteiger partial charge in [0.25, 0.3) is 0 Å². The monoisotopic (exact) mass is 191 g/mol. The second kappa shape index (κ2) is 3.38. The molecule has 2 rings (SSSR count). The van der Waals surface area contributed by atoms with Crippen LogP contribution in [0.25, 0.3) is 0 Å². The molecule has 2 N–H and O–H groups in total. The van der Waals surface area contributed by atoms with Crippen molar-refractivity contribution in [2.45, 2.75) is 19.4 Å². The number of carbonyl (C=O) groups excluding carboxylic acids is 1. The minimum atomic E-state index is -0.338. The Hall–Kier alpha value is -1.42. The largest absolute Gasteiger partial charge is 0.320 e. The molecule has 14 heavy (non-hydrogen) atoms. The van der Waals surface area contributed by atoms with E-state index in [9.17, 15) is 4.79 Å². The zero-order chi connectivity index (χ0) is 10.1. The number of anilines is 1. The first-order chi connectivity index (χ1) is 6.70. The molecule has 1 saturated heterocycles. The van der Waals surface area contributed by atoms with Gasteiger partial charge in [0.05, 0.1) is 17.4 Å². The van der Waals surface area contributed by atoms with Gasteiger partial charge in [-0.15, -0.1) is 0 Å². The first kappa shape index (κ1) is 9.15. The van der Waals surface area contributed by atoms with Crippen molar-refractivity contribution in [3.8, 4) is 0 Å². The van der Waals surface area contributed by atoms with E-state index in [-0.39, 0.29) is 11.9 Å². The lowest BCUT2D eigenvalue weighted by Gasteiger charge is -2.17. The van der Waals surface area contributed by atoms with E-state index in [0.717, 1.165) is 17.8 Å². The van der Waals surface area contributed by atoms with Crippen LogP contribution in [0.3, 0.4) is 0 Å². The fourth-order valence-corrected chi connectivity index (χ4v) is 1.70. The molecular weight excluding hydrogens is 178 g/mol. The van der Waals surface area contributed by atoms with Crippen molar-refractivity contribution in [3.05, 3.63) is 24.0 Å². The third-order valence-electron chi connectivity index (χ3n) is 2.52. The van der Waals surface area contributed by atoms with Crippen LogP contribution >= 0.6 is 0 Å². The molecule has 0 bridgehead atoms. The molecule has 0 radical (unpaired) electrons. The highest BCUT2D eigenvalue weighted by Crippen LogP contribution is 2.22. The quantitative estimate of drug-likeness (QED) is 0.701. The van der Waals surface area contributed by atoms with Gasteiger partial charge in [0.2, 0.25) is 5.91 Å². The summed E-state index contributed by atoms with van der Waals surface area (Å²) >= 11 is 0. The van der Waals surface area contributed by atoms with Crippen LogP contribution in [-0.4, -0.2) is 23.5 Å². The smallest absolute Gasteiger partial charge is 0.244 e. The van der Waals surface area contributed by atoms with Crippen molar-refractivity contribution >= 4 is 11.6 Å². The van der Waals surface area contributed by atoms with E-state index in [1.165, 1.54) is 0 Å². The lowest BCUT2D eigenvalue weighted by Crippen LogP contribution is -2.34. The Labute approximate surface area is 82.7 Å². The summed E-state index contributed by atoms with van der Waals surface area (Å²) < 4.78 is 0. The van der Waals surface area contributed by atoms with E-state index in [1.54, 1.807) is 11.1 Å². The maximum absolute atomic E-state index is 11.6. The van der Waals surface area contributed by atoms with Gasteiger partial charge >= 0.3 is 0 Å². The molecule has 1 aliphatic heterocycles. The number of hydrogen-bond donors (Lipinski definition) is 1. The fourth-order valence-electron chi connectivity index (χ4n) is 1.70. The van der Waals surface area contributed by atoms with E-state index in [2.05, 4.69) is 4.98 Å². The van der Waals surface area contributed by atoms with Crippen LogP contribution in [0.1, 0.15) is 12.1 Å². The van der Waals surface area contributed by atoms with Gasteiger partial charge in [-0.1, -0.05) is 0 Å². The third kappa shape index (κ3) is 1.37. The topological polar surface area (TPSA) is 59.2 Å². The summed E-state index contributed by atoms with van der Waals surface area (Å²) in [5.74, 6) is 0.00102. The highest BCUT2D eigenvalue weighted by atomic mass is 16.2. The Morgan fingerprint density at radius 3 is 3.00 bits per heavy atom. The molecule has 0 spiro atoms. The summed E-state index contributed by atoms with van der Waals surface area (Å²) in [4.78, 5) is 17.5. The molecule has 1 fully saturated rings. The standard InChI is InChI=1S/C10H13N3O/c1-7-9(3-2-5-12-7)13-6-4-8(11)10(13)14/h2-3,5,8H,4,6,11H2,1H3. The van der Waals surface area contributed by atoms with Gasteiger partial charge in [-0.25, -0.2) is 0 Å². The van der Waals surface area contributed by atoms with Crippen molar-refractivity contribution in [3.63, 3.8) is 0 Å². The number of carbonyl (C=O) groups is 1. The van der Waals surface area contributed by atoms with E-state index in [0.29, 0.717) is 6.54 Å². The highest BCUT2D eigenvalue weighted by molar-refractivity contribution is 5.99. The van der Waals surface area contributed by atoms with Crippen LogP contribution in [-0.2, 0) is 4.79 Å². The predicted molar refractivity (Wildman–Crippen MR) is 53.9 cm³/mol. The van der Waals surface area contributed by atoms with Crippen LogP contribution < -0.4 is 10.6 Å². The fraction of sp³-hybridized carbons (Fsp3) is 0.400. The second-order valence-corrected chi connectivity index (χ2v) is 3.49. The Morgan fingerprint density at radius 2 is 2.43 bits per heavy atom. The predicted octanol–water partition coefficient (Wildman–Crippen LogP) is 0.454. The molecule has 1 amide bonds. The average Bonchev–Trinajstić information content (AvgIpc) is 2.49. The van der Waals surface area contributed by atoms with E-state index >= 15 is 0 Å². The summed E-state index contributed by atoms with van der Waals surface area (Å²) in [6.45, 7) is 2.60. The number of aromatic nitrogens is 1. The summed E-state index contributed by atoms with van der Waals surface area (Å²) in [5, 5.41) is 0. The Kier molecular flexibility index (Phi) is 2.21. The van der Waals surface area contributed by atoms with Crippen molar-refractivity contribution in [1.29, 1.82) is 0 Å². The molecule has 1 aliphatic rings. The van der Waals surface area contributed by atoms with Gasteiger partial charge in [-0.3, -0.25) is 9.78 Å². The number of hydrogen-bond acceptors (Lipinski definition) is 3. The molecule has 1 aromatic rings. The van der Waals surface area contributed by atoms with Gasteiger partial charge in [0, 0.05) is 12.7 Å². The second-order valence-electron chi connectivity index (χ2n) is 3.49. The minimum absolute atomic E-state index is 0.00102. The van der Waals surface area contributed by atoms with Crippen LogP contribution in [0.2, 0.25) is 0 Å². The molecular formula is C10H13N3O. The van der Waals surface area contributed by atoms with Gasteiger partial charge in [0.1, 0.15) is 0 Å². The molecule has 74 valence electrons. The lowest BCUT2D eigenvalue weighted by atomic mass is 10.3. The maximum Gasteiger partial charge on any atom is 0.244 e. The molecule has 1 unspecified atom stereocenters. The van der Waals surface area contributed by atoms with Gasteiger partial charge in [-0.05, 0) is 25.5 Å². The SMILES string of the molecule is Cc1ncccc1N1CCC(N)C1=O. The van der Waals surface area contributed by atoms with Gasteiger partial charge < -0.3 is 10.6 Å². The minimum Gasteiger partial charge on any atom is -0.320 e. The van der Waals surface area contributed by atoms with Crippen LogP contribution in [0.15, 0.2) is 18.3 Å². The summed E-state index contributed by atoms with van der Waals surface area (Å²) in [7, 11) is 0. The van der Waals surface area contributed by atoms with Crippen molar-refractivity contribution < 1.29 is 4.79 Å². The summed E-state index contributed by atoms with van der Waals surface area (Å²) in [6.07, 6.45) is 2.45. The number of rotatable bonds is 1. The zero-order valence-electron chi connectivity index (χ0n) is 8.10. The number of aryl methyl sites for hydroxylation is 1. The summed E-state index contributed by atoms with van der Waals surface area (Å²) in [6, 6.07) is 3.40. The molecule has 0 aromatic carbocycles. The highest BCUT2D eigenvalue weighted by Gasteiger charge is 2.30. The van der Waals surface area contributed by atoms with Gasteiger partial charge in [0.15, 0.2) is 0 Å². The number of pyridine rings is 1. The van der Waals surface area contributed by atoms with Crippen LogP contribution in [0.5, 0.6) is 0 Å². The zero-order valence-corrected chi connectivity index (χ0v) is 8.10. The molecule has 1 aromatic heterocycles. The van der Waals surface area contributed by atoms with Crippen molar-refractivity contribution in [2.75, 3.05) is 11.4 Å². The number of nitrogens with zero attached hydrogens (tertiary/aromatic N) is 2. The van der Waals surface area contributed by atoms with E-state index in [4.69, 9.17) is 5.73 Å². The molecule has 1 atom stereocenters. The first-order valence-electron chi connectivity index (χ1n) is 4.68. The molecule has 4 nitrogen and oxygen atoms in total. The lowest BCUT2D eigenvalue weighted by molar-refractivity contribution is -0.118. The Morgan fingerprint density at radius 1 is 1.64 bits per heavy atom. The van der Waals surface area contributed by atoms with Crippen LogP contribution in [0.4, 0.5) is 5.69 Å². The molecule has 0 saturated carbocycles.